The predicted octanol–water partition coefficient (Wildman–Crippen LogP) is 4.54. The van der Waals surface area contributed by atoms with E-state index in [1.807, 2.05) is 115 Å². The van der Waals surface area contributed by atoms with Gasteiger partial charge in [0.15, 0.2) is 17.5 Å². The van der Waals surface area contributed by atoms with Crippen molar-refractivity contribution in [1.29, 1.82) is 0 Å². The van der Waals surface area contributed by atoms with Crippen LogP contribution in [-0.2, 0) is 0 Å². The minimum Gasteiger partial charge on any atom is -0.457 e. The van der Waals surface area contributed by atoms with E-state index in [0.717, 1.165) is 38.9 Å². The molecule has 0 aliphatic heterocycles. The van der Waals surface area contributed by atoms with Gasteiger partial charge in [-0.05, 0) is 38.8 Å². The first-order valence-electron chi connectivity index (χ1n) is 17.6. The SMILES string of the molecule is [B]c1c(-c2ccccc2)c([B])c2c(oc3c([B])c(-c4nc(-c5ccc(-c6ccccc6)cc5)nc(-c5ccc(-c6ccccc6)cc5)n4)c([B])c([B])c32)c1[B]. The molecule has 0 amide bonds. The molecule has 0 spiro atoms. The summed E-state index contributed by atoms with van der Waals surface area (Å²) in [5.74, 6) is 1.05. The zero-order valence-corrected chi connectivity index (χ0v) is 29.5. The molecule has 0 N–H and O–H groups in total. The summed E-state index contributed by atoms with van der Waals surface area (Å²) in [7, 11) is 40.8. The van der Waals surface area contributed by atoms with Crippen LogP contribution in [0.4, 0.5) is 0 Å². The third-order valence-corrected chi connectivity index (χ3v) is 10.0. The highest BCUT2D eigenvalue weighted by molar-refractivity contribution is 6.64. The summed E-state index contributed by atoms with van der Waals surface area (Å²) < 4.78 is 6.39. The van der Waals surface area contributed by atoms with E-state index in [4.69, 9.17) is 66.4 Å². The Hall–Kier alpha value is -6.26. The molecule has 0 aliphatic rings. The van der Waals surface area contributed by atoms with Gasteiger partial charge in [0.1, 0.15) is 58.2 Å². The van der Waals surface area contributed by atoms with Crippen molar-refractivity contribution in [3.8, 4) is 67.5 Å². The van der Waals surface area contributed by atoms with E-state index in [9.17, 15) is 0 Å². The summed E-state index contributed by atoms with van der Waals surface area (Å²) in [6.45, 7) is 0. The van der Waals surface area contributed by atoms with Crippen molar-refractivity contribution < 1.29 is 4.42 Å². The van der Waals surface area contributed by atoms with Crippen LogP contribution in [0.3, 0.4) is 0 Å². The maximum absolute atomic E-state index is 6.98. The normalized spacial score (nSPS) is 11.3. The van der Waals surface area contributed by atoms with Gasteiger partial charge in [-0.3, -0.25) is 0 Å². The number of benzene rings is 7. The molecule has 0 fully saturated rings. The second kappa shape index (κ2) is 13.9. The summed E-state index contributed by atoms with van der Waals surface area (Å²) in [5.41, 5.74) is 9.33. The number of aromatic nitrogens is 3. The Morgan fingerprint density at radius 3 is 1.15 bits per heavy atom. The third-order valence-electron chi connectivity index (χ3n) is 10.0. The highest BCUT2D eigenvalue weighted by Crippen LogP contribution is 2.31. The van der Waals surface area contributed by atoms with Gasteiger partial charge in [0.25, 0.3) is 0 Å². The van der Waals surface area contributed by atoms with Crippen LogP contribution >= 0.6 is 0 Å². The van der Waals surface area contributed by atoms with Crippen molar-refractivity contribution in [2.45, 2.75) is 0 Å². The molecular formula is C45H23B6N3O. The second-order valence-electron chi connectivity index (χ2n) is 13.3. The molecule has 0 bridgehead atoms. The lowest BCUT2D eigenvalue weighted by Crippen LogP contribution is -2.36. The van der Waals surface area contributed by atoms with Gasteiger partial charge < -0.3 is 4.42 Å². The number of hydrogen-bond acceptors (Lipinski definition) is 4. The first-order valence-corrected chi connectivity index (χ1v) is 17.6. The zero-order chi connectivity index (χ0) is 37.8. The molecule has 0 aliphatic carbocycles. The Labute approximate surface area is 327 Å². The molecule has 2 aromatic heterocycles. The molecule has 9 aromatic rings. The van der Waals surface area contributed by atoms with Gasteiger partial charge in [0, 0.05) is 27.5 Å². The van der Waals surface area contributed by atoms with Crippen LogP contribution in [-0.4, -0.2) is 62.0 Å². The largest absolute Gasteiger partial charge is 0.457 e. The van der Waals surface area contributed by atoms with E-state index >= 15 is 0 Å². The van der Waals surface area contributed by atoms with Crippen molar-refractivity contribution in [1.82, 2.24) is 15.0 Å². The standard InChI is InChI=1S/C45H23B6N3O/c46-35-31(28-14-8-3-9-15-28)36(47)40(51)42-32(35)33-37(48)38(49)34(39(50)41(33)55-42)45-53-43(29-20-16-26(17-21-29)24-10-4-1-5-11-24)52-44(54-45)30-22-18-27(19-23-30)25-12-6-2-7-13-25/h1-23H. The average Bonchev–Trinajstić information content (AvgIpc) is 3.65. The minimum atomic E-state index is 0.158. The van der Waals surface area contributed by atoms with Crippen LogP contribution in [0.2, 0.25) is 0 Å². The number of nitrogens with zero attached hydrogens (tertiary/aromatic N) is 3. The molecule has 0 saturated heterocycles. The Balaban J connectivity index is 1.25. The quantitative estimate of drug-likeness (QED) is 0.242. The van der Waals surface area contributed by atoms with Gasteiger partial charge in [-0.1, -0.05) is 167 Å². The molecule has 55 heavy (non-hydrogen) atoms. The van der Waals surface area contributed by atoms with E-state index in [1.54, 1.807) is 0 Å². The predicted molar refractivity (Wildman–Crippen MR) is 232 cm³/mol. The number of rotatable bonds is 6. The first kappa shape index (κ1) is 34.5. The van der Waals surface area contributed by atoms with Crippen molar-refractivity contribution in [2.24, 2.45) is 0 Å². The van der Waals surface area contributed by atoms with E-state index in [1.165, 1.54) is 0 Å². The Morgan fingerprint density at radius 1 is 0.291 bits per heavy atom. The summed E-state index contributed by atoms with van der Waals surface area (Å²) >= 11 is 0. The molecule has 10 heteroatoms. The smallest absolute Gasteiger partial charge is 0.164 e. The third kappa shape index (κ3) is 5.93. The highest BCUT2D eigenvalue weighted by Gasteiger charge is 2.25. The number of furan rings is 1. The maximum atomic E-state index is 6.98. The van der Waals surface area contributed by atoms with Gasteiger partial charge in [0.2, 0.25) is 0 Å². The lowest BCUT2D eigenvalue weighted by molar-refractivity contribution is 0.675. The molecule has 242 valence electrons. The lowest BCUT2D eigenvalue weighted by atomic mass is 9.67. The van der Waals surface area contributed by atoms with Gasteiger partial charge in [-0.15, -0.1) is 0 Å². The fraction of sp³-hybridized carbons (Fsp3) is 0. The lowest BCUT2D eigenvalue weighted by Gasteiger charge is -2.18. The molecule has 4 nitrogen and oxygen atoms in total. The van der Waals surface area contributed by atoms with Crippen molar-refractivity contribution in [3.63, 3.8) is 0 Å². The highest BCUT2D eigenvalue weighted by atomic mass is 16.3. The number of hydrogen-bond donors (Lipinski definition) is 0. The molecular weight excluding hydrogens is 663 g/mol. The van der Waals surface area contributed by atoms with E-state index in [2.05, 4.69) is 24.3 Å². The van der Waals surface area contributed by atoms with Crippen molar-refractivity contribution >= 4 is 102 Å². The molecule has 7 aromatic carbocycles. The molecule has 12 radical (unpaired) electrons. The fourth-order valence-electron chi connectivity index (χ4n) is 7.17. The maximum Gasteiger partial charge on any atom is 0.164 e. The summed E-state index contributed by atoms with van der Waals surface area (Å²) in [6.07, 6.45) is 0. The van der Waals surface area contributed by atoms with Crippen LogP contribution < -0.4 is 32.8 Å². The first-order chi connectivity index (χ1) is 26.8. The summed E-state index contributed by atoms with van der Waals surface area (Å²) in [5, 5.41) is 0.898. The van der Waals surface area contributed by atoms with Crippen LogP contribution in [0.25, 0.3) is 89.5 Å². The monoisotopic (exact) mass is 687 g/mol. The van der Waals surface area contributed by atoms with Gasteiger partial charge in [-0.2, -0.15) is 0 Å². The Kier molecular flexibility index (Phi) is 8.70. The van der Waals surface area contributed by atoms with E-state index < -0.39 is 0 Å². The molecule has 2 heterocycles. The molecule has 0 unspecified atom stereocenters. The fourth-order valence-corrected chi connectivity index (χ4v) is 7.17. The van der Waals surface area contributed by atoms with E-state index in [0.29, 0.717) is 39.0 Å². The Bertz CT molecular complexity index is 2800. The van der Waals surface area contributed by atoms with Crippen molar-refractivity contribution in [3.05, 3.63) is 140 Å². The molecule has 9 rings (SSSR count). The van der Waals surface area contributed by atoms with Crippen LogP contribution in [0.1, 0.15) is 0 Å². The summed E-state index contributed by atoms with van der Waals surface area (Å²) in [6, 6.07) is 45.8. The number of fused-ring (bicyclic) bond motifs is 3. The summed E-state index contributed by atoms with van der Waals surface area (Å²) in [4.78, 5) is 14.8. The Morgan fingerprint density at radius 2 is 0.655 bits per heavy atom. The minimum absolute atomic E-state index is 0.158. The molecule has 0 atom stereocenters. The van der Waals surface area contributed by atoms with Gasteiger partial charge >= 0.3 is 0 Å². The zero-order valence-electron chi connectivity index (χ0n) is 29.5. The topological polar surface area (TPSA) is 51.8 Å². The van der Waals surface area contributed by atoms with Gasteiger partial charge in [0.05, 0.1) is 0 Å². The van der Waals surface area contributed by atoms with Crippen LogP contribution in [0.15, 0.2) is 144 Å². The van der Waals surface area contributed by atoms with Crippen LogP contribution in [0.5, 0.6) is 0 Å². The van der Waals surface area contributed by atoms with Gasteiger partial charge in [-0.25, -0.2) is 15.0 Å². The van der Waals surface area contributed by atoms with E-state index in [-0.39, 0.29) is 44.3 Å². The molecule has 0 saturated carbocycles. The second-order valence-corrected chi connectivity index (χ2v) is 13.3. The van der Waals surface area contributed by atoms with Crippen LogP contribution in [0, 0.1) is 0 Å². The van der Waals surface area contributed by atoms with Crippen molar-refractivity contribution in [2.75, 3.05) is 0 Å². The average molecular weight is 687 g/mol.